The average molecular weight is 887 g/mol. The minimum absolute atomic E-state index is 0.0172. The highest BCUT2D eigenvalue weighted by Crippen LogP contribution is 2.48. The molecule has 0 radical (unpaired) electrons. The third-order valence-corrected chi connectivity index (χ3v) is 12.9. The Bertz CT molecular complexity index is 2060. The van der Waals surface area contributed by atoms with E-state index in [1.807, 2.05) is 76.2 Å². The van der Waals surface area contributed by atoms with Crippen LogP contribution < -0.4 is 21.3 Å². The number of carbonyl (C=O) groups excluding carboxylic acids is 7. The zero-order valence-electron chi connectivity index (χ0n) is 38.2. The molecule has 0 aromatic heterocycles. The van der Waals surface area contributed by atoms with Gasteiger partial charge in [-0.25, -0.2) is 4.79 Å². The molecule has 1 saturated carbocycles. The fraction of sp³-hybridized carbons (Fsp3) is 0.596. The topological polar surface area (TPSA) is 210 Å². The number of likely N-dealkylation sites (tertiary alicyclic amines) is 3. The van der Waals surface area contributed by atoms with Crippen molar-refractivity contribution in [3.05, 3.63) is 65.2 Å². The van der Waals surface area contributed by atoms with Gasteiger partial charge in [-0.3, -0.25) is 28.8 Å². The number of hydrogen-bond acceptors (Lipinski definition) is 10. The molecule has 0 bridgehead atoms. The number of aliphatic hydroxyl groups is 1. The number of nitrogens with one attached hydrogen (secondary N) is 4. The van der Waals surface area contributed by atoms with Crippen molar-refractivity contribution in [3.63, 3.8) is 0 Å². The van der Waals surface area contributed by atoms with Gasteiger partial charge < -0.3 is 50.7 Å². The third kappa shape index (κ3) is 11.5. The van der Waals surface area contributed by atoms with Crippen LogP contribution in [0.25, 0.3) is 0 Å². The summed E-state index contributed by atoms with van der Waals surface area (Å²) in [4.78, 5) is 103. The molecular formula is C47H66N8O9. The predicted molar refractivity (Wildman–Crippen MR) is 239 cm³/mol. The highest BCUT2D eigenvalue weighted by atomic mass is 16.5. The molecule has 4 fully saturated rings. The Labute approximate surface area is 376 Å². The second-order valence-electron chi connectivity index (χ2n) is 18.6. The molecule has 3 saturated heterocycles. The van der Waals surface area contributed by atoms with Crippen molar-refractivity contribution in [3.8, 4) is 0 Å². The molecular weight excluding hydrogens is 821 g/mol. The van der Waals surface area contributed by atoms with E-state index in [9.17, 15) is 38.7 Å². The molecule has 2 aromatic carbocycles. The number of piperidine rings is 1. The molecule has 7 amide bonds. The van der Waals surface area contributed by atoms with Crippen LogP contribution in [0.1, 0.15) is 76.0 Å². The number of ether oxygens (including phenoxy) is 1. The summed E-state index contributed by atoms with van der Waals surface area (Å²) in [7, 11) is 3.79. The minimum Gasteiger partial charge on any atom is -0.391 e. The van der Waals surface area contributed by atoms with Gasteiger partial charge in [0.25, 0.3) is 0 Å². The monoisotopic (exact) mass is 886 g/mol. The molecule has 4 aliphatic rings. The summed E-state index contributed by atoms with van der Waals surface area (Å²) in [6, 6.07) is 8.31. The summed E-state index contributed by atoms with van der Waals surface area (Å²) in [5.41, 5.74) is 2.44. The van der Waals surface area contributed by atoms with Crippen molar-refractivity contribution in [1.82, 2.24) is 35.6 Å². The van der Waals surface area contributed by atoms with Crippen molar-refractivity contribution in [2.24, 2.45) is 5.92 Å². The molecule has 5 N–H and O–H groups in total. The molecule has 0 unspecified atom stereocenters. The Balaban J connectivity index is 1.20. The minimum atomic E-state index is -1.52. The van der Waals surface area contributed by atoms with Crippen LogP contribution in [-0.2, 0) is 39.9 Å². The number of carbonyl (C=O) groups is 7. The molecule has 1 aliphatic carbocycles. The molecule has 1 spiro atoms. The number of rotatable bonds is 16. The summed E-state index contributed by atoms with van der Waals surface area (Å²) in [5, 5.41) is 22.2. The lowest BCUT2D eigenvalue weighted by Gasteiger charge is -2.39. The van der Waals surface area contributed by atoms with Gasteiger partial charge in [0, 0.05) is 51.1 Å². The first-order valence-corrected chi connectivity index (χ1v) is 22.6. The molecule has 3 aliphatic heterocycles. The second-order valence-corrected chi connectivity index (χ2v) is 18.6. The maximum Gasteiger partial charge on any atom is 0.319 e. The van der Waals surface area contributed by atoms with E-state index in [0.717, 1.165) is 16.7 Å². The lowest BCUT2D eigenvalue weighted by atomic mass is 9.98. The summed E-state index contributed by atoms with van der Waals surface area (Å²) in [6.07, 6.45) is 0.729. The Hall–Kier alpha value is -5.39. The van der Waals surface area contributed by atoms with Gasteiger partial charge in [0.2, 0.25) is 29.5 Å². The number of ketones is 1. The SMILES string of the molecule is Cc1ccc(NC(=O)N[C@@H](Cc2cccc(C)c2)C(=O)N[C@H](C(=O)N2C[C@H](OCCN(C)C)C[C@H]2C(=O)N2CCCC[C@H]2C(=O)N[C@@H](C)C(=O)N2C[C@H](C)C[C@@]23CC3=O)[C@H](C)O)cc1. The van der Waals surface area contributed by atoms with Crippen LogP contribution in [0.3, 0.4) is 0 Å². The smallest absolute Gasteiger partial charge is 0.319 e. The zero-order chi connectivity index (χ0) is 46.5. The number of aliphatic hydroxyl groups excluding tert-OH is 1. The van der Waals surface area contributed by atoms with Crippen molar-refractivity contribution < 1.29 is 43.4 Å². The largest absolute Gasteiger partial charge is 0.391 e. The number of likely N-dealkylation sites (N-methyl/N-ethyl adjacent to an activating group) is 1. The van der Waals surface area contributed by atoms with E-state index < -0.39 is 77.6 Å². The van der Waals surface area contributed by atoms with E-state index in [2.05, 4.69) is 21.3 Å². The highest BCUT2D eigenvalue weighted by molar-refractivity contribution is 6.09. The Morgan fingerprint density at radius 2 is 1.62 bits per heavy atom. The Morgan fingerprint density at radius 3 is 2.28 bits per heavy atom. The summed E-state index contributed by atoms with van der Waals surface area (Å²) in [6.45, 7) is 10.3. The Kier molecular flexibility index (Phi) is 15.5. The van der Waals surface area contributed by atoms with Gasteiger partial charge in [-0.2, -0.15) is 0 Å². The van der Waals surface area contributed by atoms with E-state index in [1.165, 1.54) is 16.7 Å². The zero-order valence-corrected chi connectivity index (χ0v) is 38.2. The molecule has 9 atom stereocenters. The first kappa shape index (κ1) is 48.1. The molecule has 17 nitrogen and oxygen atoms in total. The molecule has 17 heteroatoms. The van der Waals surface area contributed by atoms with E-state index in [1.54, 1.807) is 24.0 Å². The van der Waals surface area contributed by atoms with Gasteiger partial charge in [-0.05, 0) is 91.1 Å². The van der Waals surface area contributed by atoms with Gasteiger partial charge in [-0.15, -0.1) is 0 Å². The van der Waals surface area contributed by atoms with Crippen molar-refractivity contribution in [2.45, 2.75) is 128 Å². The number of aryl methyl sites for hydroxylation is 2. The molecule has 3 heterocycles. The lowest BCUT2D eigenvalue weighted by Crippen LogP contribution is -2.62. The van der Waals surface area contributed by atoms with Gasteiger partial charge >= 0.3 is 6.03 Å². The standard InChI is InChI=1S/C47H66N8O9/c1-28-14-16-34(17-15-28)49-46(63)50-36(22-33-12-10-11-29(2)21-33)41(58)51-40(32(5)56)45(62)54-27-35(64-20-19-52(6)7)23-38(54)44(61)53-18-9-8-13-37(53)42(59)48-31(4)43(60)55-26-30(3)24-47(55)25-39(47)57/h10-12,14-17,21,30-32,35-38,40,56H,8-9,13,18-20,22-27H2,1-7H3,(H,48,59)(H,51,58)(H2,49,50,63)/t30-,31+,32+,35-,36+,37+,38+,40+,47+/m1/s1. The second kappa shape index (κ2) is 20.6. The third-order valence-electron chi connectivity index (χ3n) is 12.9. The van der Waals surface area contributed by atoms with Crippen LogP contribution in [0.5, 0.6) is 0 Å². The van der Waals surface area contributed by atoms with E-state index in [4.69, 9.17) is 4.74 Å². The first-order chi connectivity index (χ1) is 30.4. The number of benzene rings is 2. The maximum atomic E-state index is 14.8. The summed E-state index contributed by atoms with van der Waals surface area (Å²) < 4.78 is 6.18. The summed E-state index contributed by atoms with van der Waals surface area (Å²) >= 11 is 0. The predicted octanol–water partition coefficient (Wildman–Crippen LogP) is 1.92. The van der Waals surface area contributed by atoms with Gasteiger partial charge in [0.1, 0.15) is 35.7 Å². The molecule has 348 valence electrons. The van der Waals surface area contributed by atoms with Crippen LogP contribution >= 0.6 is 0 Å². The number of urea groups is 1. The van der Waals surface area contributed by atoms with E-state index in [-0.39, 0.29) is 43.5 Å². The van der Waals surface area contributed by atoms with Gasteiger partial charge in [-0.1, -0.05) is 54.4 Å². The van der Waals surface area contributed by atoms with Crippen LogP contribution in [0.4, 0.5) is 10.5 Å². The van der Waals surface area contributed by atoms with Crippen LogP contribution in [0.15, 0.2) is 48.5 Å². The molecule has 6 rings (SSSR count). The van der Waals surface area contributed by atoms with Crippen LogP contribution in [-0.4, -0.2) is 161 Å². The first-order valence-electron chi connectivity index (χ1n) is 22.6. The van der Waals surface area contributed by atoms with Crippen LogP contribution in [0, 0.1) is 19.8 Å². The lowest BCUT2D eigenvalue weighted by molar-refractivity contribution is -0.152. The normalized spacial score (nSPS) is 24.8. The van der Waals surface area contributed by atoms with Crippen LogP contribution in [0.2, 0.25) is 0 Å². The molecule has 64 heavy (non-hydrogen) atoms. The van der Waals surface area contributed by atoms with Crippen molar-refractivity contribution in [1.29, 1.82) is 0 Å². The number of amides is 7. The van der Waals surface area contributed by atoms with Gasteiger partial charge in [0.15, 0.2) is 5.78 Å². The number of nitrogens with zero attached hydrogens (tertiary/aromatic N) is 4. The fourth-order valence-electron chi connectivity index (χ4n) is 9.32. The van der Waals surface area contributed by atoms with Gasteiger partial charge in [0.05, 0.1) is 18.8 Å². The average Bonchev–Trinajstić information content (AvgIpc) is 3.52. The van der Waals surface area contributed by atoms with Crippen molar-refractivity contribution in [2.75, 3.05) is 52.2 Å². The fourth-order valence-corrected chi connectivity index (χ4v) is 9.32. The Morgan fingerprint density at radius 1 is 0.906 bits per heavy atom. The maximum absolute atomic E-state index is 14.8. The highest BCUT2D eigenvalue weighted by Gasteiger charge is 2.63. The summed E-state index contributed by atoms with van der Waals surface area (Å²) in [5.74, 6) is -2.57. The quantitative estimate of drug-likeness (QED) is 0.165. The van der Waals surface area contributed by atoms with E-state index in [0.29, 0.717) is 57.5 Å². The number of anilines is 1. The van der Waals surface area contributed by atoms with Crippen molar-refractivity contribution >= 4 is 47.0 Å². The molecule has 2 aromatic rings. The number of hydrogen-bond donors (Lipinski definition) is 5. The number of Topliss-reactive ketones (excluding diaryl/α,β-unsaturated/α-hetero) is 1. The van der Waals surface area contributed by atoms with E-state index >= 15 is 0 Å².